The van der Waals surface area contributed by atoms with Crippen LogP contribution in [0.2, 0.25) is 0 Å². The van der Waals surface area contributed by atoms with Gasteiger partial charge in [-0.15, -0.1) is 0 Å². The van der Waals surface area contributed by atoms with Crippen molar-refractivity contribution in [1.82, 2.24) is 9.29 Å². The summed E-state index contributed by atoms with van der Waals surface area (Å²) in [5.74, 6) is -0.0226. The minimum absolute atomic E-state index is 0.0274. The number of hydrogen-bond donors (Lipinski definition) is 2. The Bertz CT molecular complexity index is 1190. The molecule has 0 unspecified atom stereocenters. The minimum atomic E-state index is -3.89. The maximum absolute atomic E-state index is 12.8. The van der Waals surface area contributed by atoms with Crippen molar-refractivity contribution in [2.45, 2.75) is 4.90 Å². The molecule has 3 aromatic rings. The summed E-state index contributed by atoms with van der Waals surface area (Å²) in [7, 11) is -1.09. The molecule has 1 amide bonds. The number of aromatic amines is 1. The first-order chi connectivity index (χ1) is 13.3. The molecule has 2 aromatic carbocycles. The number of sulfonamides is 1. The lowest BCUT2D eigenvalue weighted by atomic mass is 10.2. The molecule has 1 heterocycles. The van der Waals surface area contributed by atoms with Crippen molar-refractivity contribution in [3.8, 4) is 5.75 Å². The molecular weight excluding hydrogens is 382 g/mol. The zero-order chi connectivity index (χ0) is 20.3. The van der Waals surface area contributed by atoms with Gasteiger partial charge in [-0.25, -0.2) is 8.42 Å². The lowest BCUT2D eigenvalue weighted by Crippen LogP contribution is -2.35. The number of fused-ring (bicyclic) bond motifs is 1. The first-order valence-electron chi connectivity index (χ1n) is 8.33. The van der Waals surface area contributed by atoms with Crippen molar-refractivity contribution >= 4 is 32.5 Å². The van der Waals surface area contributed by atoms with Gasteiger partial charge in [-0.1, -0.05) is 12.1 Å². The van der Waals surface area contributed by atoms with E-state index in [0.717, 1.165) is 4.31 Å². The van der Waals surface area contributed by atoms with Crippen LogP contribution < -0.4 is 15.6 Å². The molecule has 0 aliphatic rings. The maximum Gasteiger partial charge on any atom is 0.248 e. The Kier molecular flexibility index (Phi) is 5.48. The molecule has 0 spiro atoms. The Morgan fingerprint density at radius 1 is 1.14 bits per heavy atom. The molecule has 28 heavy (non-hydrogen) atoms. The molecule has 0 bridgehead atoms. The average Bonchev–Trinajstić information content (AvgIpc) is 2.67. The van der Waals surface area contributed by atoms with Gasteiger partial charge in [0.15, 0.2) is 0 Å². The second-order valence-electron chi connectivity index (χ2n) is 6.08. The highest BCUT2D eigenvalue weighted by Gasteiger charge is 2.23. The molecule has 0 atom stereocenters. The number of carbonyl (C=O) groups excluding carboxylic acids is 1. The smallest absolute Gasteiger partial charge is 0.248 e. The maximum atomic E-state index is 12.8. The number of ether oxygens (including phenoxy) is 1. The van der Waals surface area contributed by atoms with Gasteiger partial charge >= 0.3 is 0 Å². The van der Waals surface area contributed by atoms with E-state index < -0.39 is 15.9 Å². The summed E-state index contributed by atoms with van der Waals surface area (Å²) in [6, 6.07) is 14.1. The molecule has 1 aromatic heterocycles. The van der Waals surface area contributed by atoms with E-state index in [1.165, 1.54) is 38.4 Å². The second-order valence-corrected chi connectivity index (χ2v) is 8.13. The number of anilines is 1. The number of methoxy groups -OCH3 is 1. The molecule has 0 aliphatic heterocycles. The van der Waals surface area contributed by atoms with Gasteiger partial charge < -0.3 is 15.0 Å². The normalized spacial score (nSPS) is 11.5. The van der Waals surface area contributed by atoms with Gasteiger partial charge in [0.05, 0.1) is 24.2 Å². The second kappa shape index (κ2) is 7.83. The molecule has 0 saturated carbocycles. The first-order valence-corrected chi connectivity index (χ1v) is 9.77. The highest BCUT2D eigenvalue weighted by molar-refractivity contribution is 7.89. The summed E-state index contributed by atoms with van der Waals surface area (Å²) in [5.41, 5.74) is 0.715. The lowest BCUT2D eigenvalue weighted by molar-refractivity contribution is -0.116. The van der Waals surface area contributed by atoms with Crippen molar-refractivity contribution in [3.63, 3.8) is 0 Å². The molecule has 146 valence electrons. The molecule has 0 saturated heterocycles. The predicted octanol–water partition coefficient (Wildman–Crippen LogP) is 1.80. The van der Waals surface area contributed by atoms with Gasteiger partial charge in [0.25, 0.3) is 0 Å². The minimum Gasteiger partial charge on any atom is -0.495 e. The summed E-state index contributed by atoms with van der Waals surface area (Å²) in [6.07, 6.45) is 0. The van der Waals surface area contributed by atoms with E-state index in [9.17, 15) is 18.0 Å². The summed E-state index contributed by atoms with van der Waals surface area (Å²) in [4.78, 5) is 26.3. The average molecular weight is 401 g/mol. The van der Waals surface area contributed by atoms with E-state index >= 15 is 0 Å². The largest absolute Gasteiger partial charge is 0.495 e. The number of rotatable bonds is 6. The van der Waals surface area contributed by atoms with Crippen LogP contribution >= 0.6 is 0 Å². The number of H-pyrrole nitrogens is 1. The fraction of sp³-hybridized carbons (Fsp3) is 0.158. The van der Waals surface area contributed by atoms with Gasteiger partial charge in [-0.3, -0.25) is 9.59 Å². The predicted molar refractivity (Wildman–Crippen MR) is 106 cm³/mol. The molecule has 0 fully saturated rings. The molecule has 9 heteroatoms. The Morgan fingerprint density at radius 2 is 1.89 bits per heavy atom. The van der Waals surface area contributed by atoms with Crippen molar-refractivity contribution in [2.24, 2.45) is 0 Å². The zero-order valence-corrected chi connectivity index (χ0v) is 16.1. The van der Waals surface area contributed by atoms with Crippen molar-refractivity contribution in [3.05, 3.63) is 65.0 Å². The zero-order valence-electron chi connectivity index (χ0n) is 15.3. The van der Waals surface area contributed by atoms with Gasteiger partial charge in [-0.2, -0.15) is 4.31 Å². The number of aromatic nitrogens is 1. The Labute approximate surface area is 161 Å². The SMILES string of the molecule is COc1ccccc1NC(=O)CN(C)S(=O)(=O)c1ccc2[nH]c(=O)ccc2c1. The summed E-state index contributed by atoms with van der Waals surface area (Å²) in [5, 5.41) is 3.22. The van der Waals surface area contributed by atoms with Crippen LogP contribution in [0.5, 0.6) is 5.75 Å². The topological polar surface area (TPSA) is 109 Å². The highest BCUT2D eigenvalue weighted by atomic mass is 32.2. The Hall–Kier alpha value is -3.17. The standard InChI is InChI=1S/C19H19N3O5S/c1-22(12-19(24)21-16-5-3-4-6-17(16)27-2)28(25,26)14-8-9-15-13(11-14)7-10-18(23)20-15/h3-11H,12H2,1-2H3,(H,20,23)(H,21,24). The van der Waals surface area contributed by atoms with Crippen LogP contribution in [-0.2, 0) is 14.8 Å². The van der Waals surface area contributed by atoms with Crippen LogP contribution in [0.4, 0.5) is 5.69 Å². The highest BCUT2D eigenvalue weighted by Crippen LogP contribution is 2.23. The number of carbonyl (C=O) groups is 1. The van der Waals surface area contributed by atoms with E-state index in [0.29, 0.717) is 22.3 Å². The summed E-state index contributed by atoms with van der Waals surface area (Å²) < 4.78 is 31.7. The van der Waals surface area contributed by atoms with Crippen molar-refractivity contribution < 1.29 is 17.9 Å². The van der Waals surface area contributed by atoms with Gasteiger partial charge in [0.2, 0.25) is 21.5 Å². The third-order valence-electron chi connectivity index (χ3n) is 4.15. The molecule has 0 aliphatic carbocycles. The molecule has 8 nitrogen and oxygen atoms in total. The van der Waals surface area contributed by atoms with E-state index in [1.807, 2.05) is 0 Å². The number of nitrogens with zero attached hydrogens (tertiary/aromatic N) is 1. The number of likely N-dealkylation sites (N-methyl/N-ethyl adjacent to an activating group) is 1. The van der Waals surface area contributed by atoms with Crippen LogP contribution in [0.25, 0.3) is 10.9 Å². The number of nitrogens with one attached hydrogen (secondary N) is 2. The van der Waals surface area contributed by atoms with Crippen LogP contribution in [0.1, 0.15) is 0 Å². The number of para-hydroxylation sites is 2. The van der Waals surface area contributed by atoms with E-state index in [1.54, 1.807) is 30.3 Å². The van der Waals surface area contributed by atoms with E-state index in [2.05, 4.69) is 10.3 Å². The summed E-state index contributed by atoms with van der Waals surface area (Å²) in [6.45, 7) is -0.371. The number of benzene rings is 2. The van der Waals surface area contributed by atoms with Crippen molar-refractivity contribution in [2.75, 3.05) is 26.0 Å². The number of hydrogen-bond acceptors (Lipinski definition) is 5. The molecule has 2 N–H and O–H groups in total. The molecule has 0 radical (unpaired) electrons. The quantitative estimate of drug-likeness (QED) is 0.655. The van der Waals surface area contributed by atoms with Crippen molar-refractivity contribution in [1.29, 1.82) is 0 Å². The summed E-state index contributed by atoms with van der Waals surface area (Å²) >= 11 is 0. The van der Waals surface area contributed by atoms with Crippen LogP contribution in [-0.4, -0.2) is 44.3 Å². The molecule has 3 rings (SSSR count). The van der Waals surface area contributed by atoms with E-state index in [-0.39, 0.29) is 17.0 Å². The Morgan fingerprint density at radius 3 is 2.64 bits per heavy atom. The molecular formula is C19H19N3O5S. The number of pyridine rings is 1. The lowest BCUT2D eigenvalue weighted by Gasteiger charge is -2.18. The van der Waals surface area contributed by atoms with E-state index in [4.69, 9.17) is 4.74 Å². The van der Waals surface area contributed by atoms with Gasteiger partial charge in [0.1, 0.15) is 5.75 Å². The van der Waals surface area contributed by atoms with Gasteiger partial charge in [-0.05, 0) is 41.8 Å². The van der Waals surface area contributed by atoms with Gasteiger partial charge in [0, 0.05) is 18.6 Å². The first kappa shape index (κ1) is 19.6. The fourth-order valence-corrected chi connectivity index (χ4v) is 3.86. The van der Waals surface area contributed by atoms with Crippen LogP contribution in [0, 0.1) is 0 Å². The Balaban J connectivity index is 1.79. The van der Waals surface area contributed by atoms with Crippen LogP contribution in [0.15, 0.2) is 64.3 Å². The monoisotopic (exact) mass is 401 g/mol. The third kappa shape index (κ3) is 4.05. The fourth-order valence-electron chi connectivity index (χ4n) is 2.70. The third-order valence-corrected chi connectivity index (χ3v) is 5.95. The van der Waals surface area contributed by atoms with Crippen LogP contribution in [0.3, 0.4) is 0 Å². The number of amides is 1.